The van der Waals surface area contributed by atoms with Crippen molar-refractivity contribution >= 4 is 0 Å². The molecule has 17 heavy (non-hydrogen) atoms. The van der Waals surface area contributed by atoms with Crippen LogP contribution in [0.2, 0.25) is 0 Å². The molecule has 0 spiro atoms. The first-order valence-electron chi connectivity index (χ1n) is 5.90. The number of nitriles is 1. The number of aliphatic hydroxyl groups excluding tert-OH is 1. The van der Waals surface area contributed by atoms with Gasteiger partial charge in [-0.2, -0.15) is 10.4 Å². The molecule has 0 aliphatic heterocycles. The van der Waals surface area contributed by atoms with Crippen LogP contribution in [0.25, 0.3) is 0 Å². The molecule has 0 unspecified atom stereocenters. The van der Waals surface area contributed by atoms with Crippen molar-refractivity contribution in [2.45, 2.75) is 45.3 Å². The Bertz CT molecular complexity index is 482. The van der Waals surface area contributed by atoms with Gasteiger partial charge in [-0.05, 0) is 20.3 Å². The van der Waals surface area contributed by atoms with Gasteiger partial charge >= 0.3 is 0 Å². The van der Waals surface area contributed by atoms with Crippen LogP contribution >= 0.6 is 0 Å². The summed E-state index contributed by atoms with van der Waals surface area (Å²) in [7, 11) is 0. The first-order valence-corrected chi connectivity index (χ1v) is 5.90. The van der Waals surface area contributed by atoms with Gasteiger partial charge in [0.1, 0.15) is 0 Å². The summed E-state index contributed by atoms with van der Waals surface area (Å²) in [5.74, 6) is 0.265. The summed E-state index contributed by atoms with van der Waals surface area (Å²) in [6.45, 7) is 4.66. The molecule has 1 aromatic heterocycles. The maximum Gasteiger partial charge on any atom is 0.0730 e. The average molecular weight is 231 g/mol. The molecule has 1 aliphatic carbocycles. The molecule has 0 aromatic carbocycles. The molecule has 1 aromatic rings. The summed E-state index contributed by atoms with van der Waals surface area (Å²) >= 11 is 0. The first kappa shape index (κ1) is 11.9. The molecule has 4 nitrogen and oxygen atoms in total. The second-order valence-electron chi connectivity index (χ2n) is 4.51. The zero-order valence-electron chi connectivity index (χ0n) is 10.2. The summed E-state index contributed by atoms with van der Waals surface area (Å²) in [4.78, 5) is 0. The molecular weight excluding hydrogens is 214 g/mol. The maximum absolute atomic E-state index is 9.53. The second kappa shape index (κ2) is 4.72. The van der Waals surface area contributed by atoms with E-state index in [2.05, 4.69) is 17.2 Å². The molecule has 0 amide bonds. The Morgan fingerprint density at radius 2 is 2.29 bits per heavy atom. The fourth-order valence-corrected chi connectivity index (χ4v) is 2.51. The third-order valence-electron chi connectivity index (χ3n) is 3.30. The lowest BCUT2D eigenvalue weighted by atomic mass is 9.96. The predicted molar refractivity (Wildman–Crippen MR) is 64.4 cm³/mol. The van der Waals surface area contributed by atoms with E-state index in [1.54, 1.807) is 0 Å². The first-order chi connectivity index (χ1) is 8.13. The Morgan fingerprint density at radius 1 is 1.53 bits per heavy atom. The van der Waals surface area contributed by atoms with Crippen LogP contribution in [0.4, 0.5) is 0 Å². The number of nitrogens with zero attached hydrogens (tertiary/aromatic N) is 3. The summed E-state index contributed by atoms with van der Waals surface area (Å²) in [6.07, 6.45) is 4.78. The number of rotatable bonds is 3. The van der Waals surface area contributed by atoms with E-state index >= 15 is 0 Å². The standard InChI is InChI=1S/C13H17N3O/c1-9-13(11-4-5-12(17)8-11)10(2)16(15-9)7-3-6-14/h4-5,11-12,17H,3,7-8H2,1-2H3/t11-,12-/m1/s1. The van der Waals surface area contributed by atoms with Gasteiger partial charge < -0.3 is 5.11 Å². The van der Waals surface area contributed by atoms with Crippen molar-refractivity contribution in [1.82, 2.24) is 9.78 Å². The van der Waals surface area contributed by atoms with Gasteiger partial charge in [0.25, 0.3) is 0 Å². The van der Waals surface area contributed by atoms with Gasteiger partial charge in [-0.1, -0.05) is 12.2 Å². The van der Waals surface area contributed by atoms with E-state index in [0.717, 1.165) is 17.8 Å². The van der Waals surface area contributed by atoms with Gasteiger partial charge in [0, 0.05) is 17.2 Å². The van der Waals surface area contributed by atoms with Crippen LogP contribution in [0, 0.1) is 25.2 Å². The normalized spacial score (nSPS) is 22.9. The molecule has 0 saturated carbocycles. The van der Waals surface area contributed by atoms with Crippen LogP contribution in [0.1, 0.15) is 35.7 Å². The number of aliphatic hydroxyl groups is 1. The van der Waals surface area contributed by atoms with E-state index in [4.69, 9.17) is 5.26 Å². The lowest BCUT2D eigenvalue weighted by molar-refractivity contribution is 0.218. The van der Waals surface area contributed by atoms with Crippen molar-refractivity contribution in [2.24, 2.45) is 0 Å². The van der Waals surface area contributed by atoms with Crippen LogP contribution in [-0.4, -0.2) is 21.0 Å². The van der Waals surface area contributed by atoms with Gasteiger partial charge in [0.2, 0.25) is 0 Å². The average Bonchev–Trinajstić information content (AvgIpc) is 2.81. The molecule has 1 heterocycles. The van der Waals surface area contributed by atoms with Crippen molar-refractivity contribution in [3.05, 3.63) is 29.1 Å². The zero-order valence-corrected chi connectivity index (χ0v) is 10.2. The largest absolute Gasteiger partial charge is 0.389 e. The van der Waals surface area contributed by atoms with Crippen molar-refractivity contribution in [3.63, 3.8) is 0 Å². The maximum atomic E-state index is 9.53. The highest BCUT2D eigenvalue weighted by Gasteiger charge is 2.24. The quantitative estimate of drug-likeness (QED) is 0.807. The van der Waals surface area contributed by atoms with Crippen LogP contribution in [0.5, 0.6) is 0 Å². The Balaban J connectivity index is 2.26. The molecule has 0 radical (unpaired) electrons. The van der Waals surface area contributed by atoms with Crippen molar-refractivity contribution < 1.29 is 5.11 Å². The van der Waals surface area contributed by atoms with Crippen LogP contribution in [0.15, 0.2) is 12.2 Å². The minimum atomic E-state index is -0.332. The molecule has 4 heteroatoms. The third kappa shape index (κ3) is 2.25. The summed E-state index contributed by atoms with van der Waals surface area (Å²) in [5.41, 5.74) is 3.32. The molecule has 1 aliphatic rings. The number of allylic oxidation sites excluding steroid dienone is 1. The monoisotopic (exact) mass is 231 g/mol. The summed E-state index contributed by atoms with van der Waals surface area (Å²) < 4.78 is 1.90. The Hall–Kier alpha value is -1.60. The molecule has 0 saturated heterocycles. The van der Waals surface area contributed by atoms with Gasteiger partial charge in [-0.25, -0.2) is 0 Å². The minimum Gasteiger partial charge on any atom is -0.389 e. The highest BCUT2D eigenvalue weighted by atomic mass is 16.3. The fourth-order valence-electron chi connectivity index (χ4n) is 2.51. The molecular formula is C13H17N3O. The molecule has 90 valence electrons. The number of hydrogen-bond donors (Lipinski definition) is 1. The number of aromatic nitrogens is 2. The molecule has 0 fully saturated rings. The van der Waals surface area contributed by atoms with Crippen molar-refractivity contribution in [1.29, 1.82) is 5.26 Å². The van der Waals surface area contributed by atoms with Crippen LogP contribution < -0.4 is 0 Å². The minimum absolute atomic E-state index is 0.265. The van der Waals surface area contributed by atoms with Crippen LogP contribution in [0.3, 0.4) is 0 Å². The predicted octanol–water partition coefficient (Wildman–Crippen LogP) is 1.82. The lowest BCUT2D eigenvalue weighted by Crippen LogP contribution is -2.04. The highest BCUT2D eigenvalue weighted by molar-refractivity contribution is 5.34. The Morgan fingerprint density at radius 3 is 2.88 bits per heavy atom. The Kier molecular flexibility index (Phi) is 3.30. The van der Waals surface area contributed by atoms with E-state index in [9.17, 15) is 5.11 Å². The SMILES string of the molecule is Cc1nn(CCC#N)c(C)c1[C@@H]1C=C[C@@H](O)C1. The third-order valence-corrected chi connectivity index (χ3v) is 3.30. The lowest BCUT2D eigenvalue weighted by Gasteiger charge is -2.10. The van der Waals surface area contributed by atoms with E-state index in [1.807, 2.05) is 24.6 Å². The van der Waals surface area contributed by atoms with E-state index in [-0.39, 0.29) is 12.0 Å². The highest BCUT2D eigenvalue weighted by Crippen LogP contribution is 2.32. The zero-order chi connectivity index (χ0) is 12.4. The van der Waals surface area contributed by atoms with Crippen LogP contribution in [-0.2, 0) is 6.54 Å². The van der Waals surface area contributed by atoms with Gasteiger partial charge in [-0.15, -0.1) is 0 Å². The number of aryl methyl sites for hydroxylation is 2. The van der Waals surface area contributed by atoms with E-state index in [0.29, 0.717) is 13.0 Å². The van der Waals surface area contributed by atoms with E-state index in [1.165, 1.54) is 5.56 Å². The van der Waals surface area contributed by atoms with E-state index < -0.39 is 0 Å². The molecule has 2 rings (SSSR count). The smallest absolute Gasteiger partial charge is 0.0730 e. The number of hydrogen-bond acceptors (Lipinski definition) is 3. The molecule has 0 bridgehead atoms. The van der Waals surface area contributed by atoms with Gasteiger partial charge in [-0.3, -0.25) is 4.68 Å². The van der Waals surface area contributed by atoms with Crippen molar-refractivity contribution in [2.75, 3.05) is 0 Å². The molecule has 2 atom stereocenters. The van der Waals surface area contributed by atoms with Gasteiger partial charge in [0.15, 0.2) is 0 Å². The topological polar surface area (TPSA) is 61.8 Å². The summed E-state index contributed by atoms with van der Waals surface area (Å²) in [6, 6.07) is 2.13. The van der Waals surface area contributed by atoms with Crippen molar-refractivity contribution in [3.8, 4) is 6.07 Å². The fraction of sp³-hybridized carbons (Fsp3) is 0.538. The Labute approximate surface area is 101 Å². The van der Waals surface area contributed by atoms with Gasteiger partial charge in [0.05, 0.1) is 30.8 Å². The summed E-state index contributed by atoms with van der Waals surface area (Å²) in [5, 5.41) is 22.6. The second-order valence-corrected chi connectivity index (χ2v) is 4.51. The molecule has 1 N–H and O–H groups in total.